The summed E-state index contributed by atoms with van der Waals surface area (Å²) in [5, 5.41) is 3.91. The second-order valence-electron chi connectivity index (χ2n) is 12.2. The molecule has 3 heterocycles. The SMILES string of the molecule is Cc1ccc(N(CCCN2CC3CN(C(=O)c4c(C)ccnc4C)CC3C2)C(=O)NCC2CCCCC2)cc1Cl. The Kier molecular flexibility index (Phi) is 9.31. The predicted molar refractivity (Wildman–Crippen MR) is 161 cm³/mol. The van der Waals surface area contributed by atoms with Crippen LogP contribution in [-0.2, 0) is 0 Å². The lowest BCUT2D eigenvalue weighted by molar-refractivity contribution is 0.0772. The molecule has 2 aromatic rings. The monoisotopic (exact) mass is 565 g/mol. The molecule has 3 amide bonds. The molecule has 1 N–H and O–H groups in total. The second-order valence-corrected chi connectivity index (χ2v) is 12.6. The maximum absolute atomic E-state index is 13.4. The normalized spacial score (nSPS) is 21.4. The molecule has 5 rings (SSSR count). The van der Waals surface area contributed by atoms with E-state index in [1.807, 2.05) is 54.8 Å². The van der Waals surface area contributed by atoms with E-state index < -0.39 is 0 Å². The van der Waals surface area contributed by atoms with Gasteiger partial charge in [0.1, 0.15) is 0 Å². The Bertz CT molecular complexity index is 1180. The first kappa shape index (κ1) is 28.9. The molecule has 1 aliphatic carbocycles. The van der Waals surface area contributed by atoms with Crippen LogP contribution in [0.25, 0.3) is 0 Å². The van der Waals surface area contributed by atoms with Crippen molar-refractivity contribution < 1.29 is 9.59 Å². The van der Waals surface area contributed by atoms with Gasteiger partial charge in [-0.25, -0.2) is 4.79 Å². The molecule has 0 radical (unpaired) electrons. The number of hydrogen-bond donors (Lipinski definition) is 1. The van der Waals surface area contributed by atoms with Crippen molar-refractivity contribution in [2.45, 2.75) is 59.3 Å². The lowest BCUT2D eigenvalue weighted by Crippen LogP contribution is -2.43. The summed E-state index contributed by atoms with van der Waals surface area (Å²) in [5.41, 5.74) is 4.43. The number of urea groups is 1. The largest absolute Gasteiger partial charge is 0.338 e. The molecule has 0 bridgehead atoms. The predicted octanol–water partition coefficient (Wildman–Crippen LogP) is 5.85. The first-order valence-corrected chi connectivity index (χ1v) is 15.4. The van der Waals surface area contributed by atoms with Gasteiger partial charge in [0.15, 0.2) is 0 Å². The van der Waals surface area contributed by atoms with Crippen LogP contribution in [0.2, 0.25) is 5.02 Å². The summed E-state index contributed by atoms with van der Waals surface area (Å²) < 4.78 is 0. The minimum absolute atomic E-state index is 0.0288. The van der Waals surface area contributed by atoms with Crippen LogP contribution in [0.1, 0.15) is 65.7 Å². The fourth-order valence-electron chi connectivity index (χ4n) is 6.88. The zero-order valence-corrected chi connectivity index (χ0v) is 25.1. The van der Waals surface area contributed by atoms with Gasteiger partial charge in [-0.1, -0.05) is 36.9 Å². The Hall–Kier alpha value is -2.64. The van der Waals surface area contributed by atoms with Gasteiger partial charge in [-0.2, -0.15) is 0 Å². The van der Waals surface area contributed by atoms with Crippen molar-refractivity contribution in [3.63, 3.8) is 0 Å². The average Bonchev–Trinajstić information content (AvgIpc) is 3.51. The highest BCUT2D eigenvalue weighted by Crippen LogP contribution is 2.33. The molecule has 3 fully saturated rings. The molecule has 3 aliphatic rings. The van der Waals surface area contributed by atoms with E-state index >= 15 is 0 Å². The van der Waals surface area contributed by atoms with Gasteiger partial charge in [-0.05, 0) is 93.7 Å². The van der Waals surface area contributed by atoms with E-state index in [0.29, 0.717) is 29.3 Å². The van der Waals surface area contributed by atoms with Crippen LogP contribution in [0.3, 0.4) is 0 Å². The Morgan fingerprint density at radius 2 is 1.73 bits per heavy atom. The molecule has 1 aromatic carbocycles. The molecule has 1 saturated carbocycles. The number of aryl methyl sites for hydroxylation is 3. The Morgan fingerprint density at radius 3 is 2.40 bits per heavy atom. The standard InChI is InChI=1S/C32H44ClN5O2/c1-22-10-11-28(16-29(22)33)38(32(40)35-17-25-8-5-4-6-9-25)15-7-14-36-18-26-20-37(21-27(26)19-36)31(39)30-23(2)12-13-34-24(30)3/h10-13,16,25-27H,4-9,14-15,17-21H2,1-3H3,(H,35,40). The van der Waals surface area contributed by atoms with Crippen LogP contribution in [0.5, 0.6) is 0 Å². The summed E-state index contributed by atoms with van der Waals surface area (Å²) in [7, 11) is 0. The van der Waals surface area contributed by atoms with Crippen LogP contribution in [-0.4, -0.2) is 72.5 Å². The Morgan fingerprint density at radius 1 is 1.00 bits per heavy atom. The number of aromatic nitrogens is 1. The number of nitrogens with one attached hydrogen (secondary N) is 1. The lowest BCUT2D eigenvalue weighted by atomic mass is 9.89. The molecule has 2 unspecified atom stereocenters. The number of amides is 3. The van der Waals surface area contributed by atoms with Crippen molar-refractivity contribution in [3.05, 3.63) is 57.9 Å². The molecule has 40 heavy (non-hydrogen) atoms. The number of anilines is 1. The summed E-state index contributed by atoms with van der Waals surface area (Å²) in [4.78, 5) is 37.4. The van der Waals surface area contributed by atoms with E-state index in [2.05, 4.69) is 15.2 Å². The van der Waals surface area contributed by atoms with Gasteiger partial charge in [-0.3, -0.25) is 14.7 Å². The van der Waals surface area contributed by atoms with E-state index in [1.54, 1.807) is 6.20 Å². The first-order chi connectivity index (χ1) is 19.3. The number of nitrogens with zero attached hydrogens (tertiary/aromatic N) is 4. The molecule has 0 spiro atoms. The van der Waals surface area contributed by atoms with E-state index in [9.17, 15) is 9.59 Å². The highest BCUT2D eigenvalue weighted by Gasteiger charge is 2.42. The van der Waals surface area contributed by atoms with Crippen molar-refractivity contribution in [2.75, 3.05) is 50.7 Å². The average molecular weight is 566 g/mol. The van der Waals surface area contributed by atoms with Crippen molar-refractivity contribution in [1.29, 1.82) is 0 Å². The van der Waals surface area contributed by atoms with E-state index in [1.165, 1.54) is 32.1 Å². The number of pyridine rings is 1. The molecule has 2 atom stereocenters. The van der Waals surface area contributed by atoms with Crippen molar-refractivity contribution in [3.8, 4) is 0 Å². The van der Waals surface area contributed by atoms with Crippen LogP contribution in [0.15, 0.2) is 30.5 Å². The van der Waals surface area contributed by atoms with E-state index in [0.717, 1.165) is 73.8 Å². The number of halogens is 1. The molecule has 1 aromatic heterocycles. The fourth-order valence-corrected chi connectivity index (χ4v) is 7.06. The summed E-state index contributed by atoms with van der Waals surface area (Å²) in [6.45, 7) is 11.9. The molecule has 216 valence electrons. The first-order valence-electron chi connectivity index (χ1n) is 15.1. The Labute approximate surface area is 244 Å². The van der Waals surface area contributed by atoms with Crippen molar-refractivity contribution in [2.24, 2.45) is 17.8 Å². The molecule has 2 aliphatic heterocycles. The second kappa shape index (κ2) is 12.9. The zero-order chi connectivity index (χ0) is 28.2. The van der Waals surface area contributed by atoms with Crippen molar-refractivity contribution in [1.82, 2.24) is 20.1 Å². The maximum Gasteiger partial charge on any atom is 0.321 e. The lowest BCUT2D eigenvalue weighted by Gasteiger charge is -2.28. The van der Waals surface area contributed by atoms with Crippen LogP contribution >= 0.6 is 11.6 Å². The minimum atomic E-state index is -0.0288. The minimum Gasteiger partial charge on any atom is -0.338 e. The topological polar surface area (TPSA) is 68.8 Å². The van der Waals surface area contributed by atoms with Crippen LogP contribution < -0.4 is 10.2 Å². The van der Waals surface area contributed by atoms with Gasteiger partial charge in [-0.15, -0.1) is 0 Å². The maximum atomic E-state index is 13.4. The van der Waals surface area contributed by atoms with Crippen LogP contribution in [0, 0.1) is 38.5 Å². The summed E-state index contributed by atoms with van der Waals surface area (Å²) in [5.74, 6) is 1.72. The number of carbonyl (C=O) groups is 2. The molecule has 7 nitrogen and oxygen atoms in total. The molecular formula is C32H44ClN5O2. The third-order valence-electron chi connectivity index (χ3n) is 9.25. The number of benzene rings is 1. The number of carbonyl (C=O) groups excluding carboxylic acids is 2. The van der Waals surface area contributed by atoms with Gasteiger partial charge >= 0.3 is 6.03 Å². The summed E-state index contributed by atoms with van der Waals surface area (Å²) in [6, 6.07) is 7.79. The van der Waals surface area contributed by atoms with Gasteiger partial charge in [0.25, 0.3) is 5.91 Å². The fraction of sp³-hybridized carbons (Fsp3) is 0.594. The van der Waals surface area contributed by atoms with Gasteiger partial charge in [0.2, 0.25) is 0 Å². The third kappa shape index (κ3) is 6.63. The summed E-state index contributed by atoms with van der Waals surface area (Å²) in [6.07, 6.45) is 8.92. The highest BCUT2D eigenvalue weighted by molar-refractivity contribution is 6.31. The highest BCUT2D eigenvalue weighted by atomic mass is 35.5. The number of likely N-dealkylation sites (tertiary alicyclic amines) is 2. The number of hydrogen-bond acceptors (Lipinski definition) is 4. The molecule has 2 saturated heterocycles. The number of rotatable bonds is 8. The smallest absolute Gasteiger partial charge is 0.321 e. The zero-order valence-electron chi connectivity index (χ0n) is 24.3. The third-order valence-corrected chi connectivity index (χ3v) is 9.65. The van der Waals surface area contributed by atoms with Crippen molar-refractivity contribution >= 4 is 29.2 Å². The van der Waals surface area contributed by atoms with Gasteiger partial charge < -0.3 is 15.1 Å². The Balaban J connectivity index is 1.14. The van der Waals surface area contributed by atoms with E-state index in [4.69, 9.17) is 11.6 Å². The molecular weight excluding hydrogens is 522 g/mol. The quantitative estimate of drug-likeness (QED) is 0.436. The number of fused-ring (bicyclic) bond motifs is 1. The van der Waals surface area contributed by atoms with Gasteiger partial charge in [0, 0.05) is 56.2 Å². The van der Waals surface area contributed by atoms with Crippen LogP contribution in [0.4, 0.5) is 10.5 Å². The summed E-state index contributed by atoms with van der Waals surface area (Å²) >= 11 is 6.45. The molecule has 8 heteroatoms. The van der Waals surface area contributed by atoms with E-state index in [-0.39, 0.29) is 11.9 Å². The van der Waals surface area contributed by atoms with Gasteiger partial charge in [0.05, 0.1) is 11.3 Å².